The van der Waals surface area contributed by atoms with Gasteiger partial charge in [0.15, 0.2) is 0 Å². The monoisotopic (exact) mass is 646 g/mol. The number of unbranched alkanes of at least 4 members (excludes halogenated alkanes) is 3. The number of amidine groups is 1. The molecular formula is C37H50N4O6. The molecule has 1 heterocycles. The molecule has 0 unspecified atom stereocenters. The quantitative estimate of drug-likeness (QED) is 0.0903. The van der Waals surface area contributed by atoms with Crippen molar-refractivity contribution in [3.8, 4) is 5.75 Å². The van der Waals surface area contributed by atoms with Gasteiger partial charge in [0.05, 0.1) is 6.61 Å². The third-order valence-corrected chi connectivity index (χ3v) is 6.93. The Morgan fingerprint density at radius 1 is 0.809 bits per heavy atom. The SMILES string of the molecule is CC(=N)c1ccc(OCCCCC/C(CCCCc2cc3cc(C(=N)NC(=O)OC(C)(C)C)ccc3o2)=N/C(=O)OC(C)(C)C)cc1. The number of furan rings is 1. The lowest BCUT2D eigenvalue weighted by atomic mass is 10.0. The second-order valence-electron chi connectivity index (χ2n) is 13.6. The lowest BCUT2D eigenvalue weighted by molar-refractivity contribution is 0.0560. The molecule has 1 aromatic heterocycles. The topological polar surface area (TPSA) is 147 Å². The highest BCUT2D eigenvalue weighted by atomic mass is 16.6. The van der Waals surface area contributed by atoms with Crippen molar-refractivity contribution in [1.82, 2.24) is 5.32 Å². The highest BCUT2D eigenvalue weighted by Crippen LogP contribution is 2.23. The van der Waals surface area contributed by atoms with Gasteiger partial charge >= 0.3 is 12.2 Å². The Morgan fingerprint density at radius 3 is 2.09 bits per heavy atom. The summed E-state index contributed by atoms with van der Waals surface area (Å²) in [4.78, 5) is 28.9. The molecule has 3 rings (SSSR count). The Labute approximate surface area is 278 Å². The van der Waals surface area contributed by atoms with Crippen LogP contribution in [0.5, 0.6) is 5.75 Å². The Morgan fingerprint density at radius 2 is 1.45 bits per heavy atom. The third kappa shape index (κ3) is 13.8. The van der Waals surface area contributed by atoms with Gasteiger partial charge < -0.3 is 24.0 Å². The van der Waals surface area contributed by atoms with E-state index in [1.54, 1.807) is 39.8 Å². The molecule has 254 valence electrons. The first kappa shape index (κ1) is 37.0. The van der Waals surface area contributed by atoms with Crippen LogP contribution in [0.15, 0.2) is 57.9 Å². The van der Waals surface area contributed by atoms with Crippen molar-refractivity contribution in [3.05, 3.63) is 65.4 Å². The van der Waals surface area contributed by atoms with Crippen molar-refractivity contribution >= 4 is 40.4 Å². The summed E-state index contributed by atoms with van der Waals surface area (Å²) < 4.78 is 22.5. The Balaban J connectivity index is 1.48. The van der Waals surface area contributed by atoms with Gasteiger partial charge in [-0.25, -0.2) is 9.59 Å². The van der Waals surface area contributed by atoms with Crippen LogP contribution in [0.3, 0.4) is 0 Å². The zero-order chi connectivity index (χ0) is 34.6. The maximum absolute atomic E-state index is 12.5. The van der Waals surface area contributed by atoms with Gasteiger partial charge in [0.25, 0.3) is 0 Å². The summed E-state index contributed by atoms with van der Waals surface area (Å²) in [7, 11) is 0. The van der Waals surface area contributed by atoms with Crippen LogP contribution in [-0.2, 0) is 15.9 Å². The molecular weight excluding hydrogens is 596 g/mol. The molecule has 0 bridgehead atoms. The van der Waals surface area contributed by atoms with Gasteiger partial charge in [0.2, 0.25) is 0 Å². The second-order valence-corrected chi connectivity index (χ2v) is 13.6. The van der Waals surface area contributed by atoms with Crippen molar-refractivity contribution in [2.75, 3.05) is 6.61 Å². The molecule has 0 atom stereocenters. The zero-order valence-electron chi connectivity index (χ0n) is 28.9. The van der Waals surface area contributed by atoms with Crippen LogP contribution in [0.2, 0.25) is 0 Å². The minimum absolute atomic E-state index is 0.0437. The molecule has 47 heavy (non-hydrogen) atoms. The maximum Gasteiger partial charge on any atom is 0.434 e. The number of amides is 2. The van der Waals surface area contributed by atoms with Crippen molar-refractivity contribution in [1.29, 1.82) is 10.8 Å². The van der Waals surface area contributed by atoms with E-state index in [1.165, 1.54) is 0 Å². The molecule has 2 aromatic carbocycles. The molecule has 2 amide bonds. The fourth-order valence-corrected chi connectivity index (χ4v) is 4.73. The zero-order valence-corrected chi connectivity index (χ0v) is 28.9. The van der Waals surface area contributed by atoms with Gasteiger partial charge in [0.1, 0.15) is 34.1 Å². The van der Waals surface area contributed by atoms with Crippen LogP contribution in [-0.4, -0.2) is 47.3 Å². The number of hydrogen-bond donors (Lipinski definition) is 3. The molecule has 0 radical (unpaired) electrons. The lowest BCUT2D eigenvalue weighted by Gasteiger charge is -2.19. The summed E-state index contributed by atoms with van der Waals surface area (Å²) in [6.45, 7) is 13.2. The van der Waals surface area contributed by atoms with Crippen molar-refractivity contribution in [2.45, 2.75) is 111 Å². The van der Waals surface area contributed by atoms with E-state index in [4.69, 9.17) is 29.4 Å². The Bertz CT molecular complexity index is 1560. The number of benzene rings is 2. The summed E-state index contributed by atoms with van der Waals surface area (Å²) in [5.41, 5.74) is 2.25. The maximum atomic E-state index is 12.5. The van der Waals surface area contributed by atoms with Gasteiger partial charge in [-0.3, -0.25) is 10.7 Å². The first-order valence-corrected chi connectivity index (χ1v) is 16.3. The van der Waals surface area contributed by atoms with Gasteiger partial charge in [-0.2, -0.15) is 4.99 Å². The molecule has 10 nitrogen and oxygen atoms in total. The van der Waals surface area contributed by atoms with E-state index in [9.17, 15) is 9.59 Å². The number of nitrogens with one attached hydrogen (secondary N) is 3. The fraction of sp³-hybridized carbons (Fsp3) is 0.486. The number of aliphatic imine (C=N–C) groups is 1. The molecule has 3 aromatic rings. The number of alkyl carbamates (subject to hydrolysis) is 1. The van der Waals surface area contributed by atoms with Crippen LogP contribution in [0.1, 0.15) is 110 Å². The number of rotatable bonds is 14. The highest BCUT2D eigenvalue weighted by Gasteiger charge is 2.19. The average molecular weight is 647 g/mol. The van der Waals surface area contributed by atoms with Crippen LogP contribution < -0.4 is 10.1 Å². The van der Waals surface area contributed by atoms with Gasteiger partial charge in [-0.15, -0.1) is 0 Å². The number of aryl methyl sites for hydroxylation is 1. The largest absolute Gasteiger partial charge is 0.494 e. The number of nitrogens with zero attached hydrogens (tertiary/aromatic N) is 1. The molecule has 0 spiro atoms. The minimum atomic E-state index is -0.670. The lowest BCUT2D eigenvalue weighted by Crippen LogP contribution is -2.36. The highest BCUT2D eigenvalue weighted by molar-refractivity contribution is 6.06. The van der Waals surface area contributed by atoms with E-state index in [0.29, 0.717) is 36.3 Å². The molecule has 0 aliphatic carbocycles. The number of ether oxygens (including phenoxy) is 3. The summed E-state index contributed by atoms with van der Waals surface area (Å²) >= 11 is 0. The Kier molecular flexibility index (Phi) is 13.3. The van der Waals surface area contributed by atoms with Crippen LogP contribution in [0.4, 0.5) is 9.59 Å². The second kappa shape index (κ2) is 16.9. The minimum Gasteiger partial charge on any atom is -0.494 e. The number of carbonyl (C=O) groups is 2. The van der Waals surface area contributed by atoms with E-state index in [-0.39, 0.29) is 5.84 Å². The van der Waals surface area contributed by atoms with Gasteiger partial charge in [-0.05, 0) is 148 Å². The summed E-state index contributed by atoms with van der Waals surface area (Å²) in [6, 6.07) is 14.9. The number of carbonyl (C=O) groups excluding carboxylic acids is 2. The molecule has 10 heteroatoms. The van der Waals surface area contributed by atoms with Crippen LogP contribution in [0.25, 0.3) is 11.0 Å². The van der Waals surface area contributed by atoms with E-state index < -0.39 is 23.4 Å². The van der Waals surface area contributed by atoms with E-state index in [1.807, 2.05) is 57.2 Å². The number of hydrogen-bond acceptors (Lipinski definition) is 8. The molecule has 0 aliphatic heterocycles. The van der Waals surface area contributed by atoms with Crippen molar-refractivity contribution in [2.24, 2.45) is 4.99 Å². The first-order valence-electron chi connectivity index (χ1n) is 16.3. The number of fused-ring (bicyclic) bond motifs is 1. The van der Waals surface area contributed by atoms with Crippen molar-refractivity contribution in [3.63, 3.8) is 0 Å². The molecule has 0 fully saturated rings. The normalized spacial score (nSPS) is 12.1. The average Bonchev–Trinajstić information content (AvgIpc) is 3.37. The molecule has 0 aliphatic rings. The molecule has 3 N–H and O–H groups in total. The predicted octanol–water partition coefficient (Wildman–Crippen LogP) is 9.40. The molecule has 0 saturated carbocycles. The van der Waals surface area contributed by atoms with E-state index in [0.717, 1.165) is 66.7 Å². The van der Waals surface area contributed by atoms with Crippen LogP contribution in [0, 0.1) is 10.8 Å². The van der Waals surface area contributed by atoms with E-state index in [2.05, 4.69) is 10.3 Å². The predicted molar refractivity (Wildman–Crippen MR) is 187 cm³/mol. The standard InChI is InChI=1S/C37H50N4O6/c1-25(38)26-16-19-30(20-17-26)44-22-12-8-9-13-29(40-34(42)46-36(2,3)4)14-10-11-15-31-24-28-23-27(18-21-32(28)45-31)33(39)41-35(43)47-37(5,6)7/h16-21,23-24,38H,8-15,22H2,1-7H3,(H2,39,41,43)/b38-25?,40-29-. The summed E-state index contributed by atoms with van der Waals surface area (Å²) in [5.74, 6) is 1.58. The third-order valence-electron chi connectivity index (χ3n) is 6.93. The van der Waals surface area contributed by atoms with Gasteiger partial charge in [-0.1, -0.05) is 0 Å². The molecule has 0 saturated heterocycles. The smallest absolute Gasteiger partial charge is 0.434 e. The van der Waals surface area contributed by atoms with Crippen molar-refractivity contribution < 1.29 is 28.2 Å². The Hall–Kier alpha value is -4.47. The first-order chi connectivity index (χ1) is 22.1. The summed E-state index contributed by atoms with van der Waals surface area (Å²) in [5, 5.41) is 19.3. The van der Waals surface area contributed by atoms with Gasteiger partial charge in [0, 0.05) is 28.8 Å². The van der Waals surface area contributed by atoms with Crippen LogP contribution >= 0.6 is 0 Å². The summed E-state index contributed by atoms with van der Waals surface area (Å²) in [6.07, 6.45) is 5.29. The van der Waals surface area contributed by atoms with E-state index >= 15 is 0 Å². The fourth-order valence-electron chi connectivity index (χ4n) is 4.73.